The van der Waals surface area contributed by atoms with Crippen LogP contribution in [0.25, 0.3) is 0 Å². The minimum absolute atomic E-state index is 0.300. The van der Waals surface area contributed by atoms with Gasteiger partial charge in [-0.15, -0.1) is 0 Å². The van der Waals surface area contributed by atoms with Crippen LogP contribution in [0.4, 0.5) is 0 Å². The van der Waals surface area contributed by atoms with Gasteiger partial charge in [0.2, 0.25) is 0 Å². The molecule has 0 aliphatic rings. The molecule has 38 valence electrons. The minimum atomic E-state index is -0.981. The fraction of sp³-hybridized carbons (Fsp3) is 0. The zero-order valence-electron chi connectivity index (χ0n) is 3.55. The summed E-state index contributed by atoms with van der Waals surface area (Å²) in [6.45, 7) is 2.96. The van der Waals surface area contributed by atoms with Crippen molar-refractivity contribution in [2.45, 2.75) is 0 Å². The molecule has 0 aromatic rings. The number of hydrogen-bond donors (Lipinski definition) is 1. The first-order valence-corrected chi connectivity index (χ1v) is 2.33. The van der Waals surface area contributed by atoms with Gasteiger partial charge in [-0.25, -0.2) is 4.79 Å². The zero-order valence-corrected chi connectivity index (χ0v) is 6.01. The van der Waals surface area contributed by atoms with E-state index in [1.54, 1.807) is 0 Å². The molecule has 0 radical (unpaired) electrons. The van der Waals surface area contributed by atoms with Gasteiger partial charge < -0.3 is 5.11 Å². The Hall–Kier alpha value is -0.107. The summed E-state index contributed by atoms with van der Waals surface area (Å²) in [5.41, 5.74) is 0. The molecule has 0 rings (SSSR count). The van der Waals surface area contributed by atoms with E-state index in [1.165, 1.54) is 0 Å². The Morgan fingerprint density at radius 2 is 1.86 bits per heavy atom. The molecule has 0 saturated heterocycles. The summed E-state index contributed by atoms with van der Waals surface area (Å²) in [5, 5.41) is 7.60. The molecule has 1 N–H and O–H groups in total. The average molecular weight is 179 g/mol. The molecule has 0 aliphatic heterocycles. The van der Waals surface area contributed by atoms with Gasteiger partial charge in [0.05, 0.1) is 0 Å². The summed E-state index contributed by atoms with van der Waals surface area (Å²) in [7, 11) is 0. The maximum atomic E-state index is 9.25. The quantitative estimate of drug-likeness (QED) is 0.582. The van der Waals surface area contributed by atoms with E-state index in [2.05, 4.69) is 6.58 Å². The van der Waals surface area contributed by atoms with Gasteiger partial charge in [-0.1, -0.05) is 6.58 Å². The van der Waals surface area contributed by atoms with E-state index >= 15 is 0 Å². The van der Waals surface area contributed by atoms with Crippen LogP contribution in [0.3, 0.4) is 0 Å². The second-order valence-electron chi connectivity index (χ2n) is 0.542. The van der Waals surface area contributed by atoms with Gasteiger partial charge in [-0.2, -0.15) is 0 Å². The standard InChI is InChI=1S/C3H4O2.O.Zr/c1-2-3(4)5;;/h2H,1H2,(H,4,5);;. The van der Waals surface area contributed by atoms with Crippen LogP contribution in [0, 0.1) is 0 Å². The van der Waals surface area contributed by atoms with E-state index in [0.717, 1.165) is 6.08 Å². The molecule has 0 aromatic carbocycles. The average Bonchev–Trinajstić information content (AvgIpc) is 1.73. The molecule has 3 nitrogen and oxygen atoms in total. The van der Waals surface area contributed by atoms with Crippen molar-refractivity contribution in [1.29, 1.82) is 0 Å². The van der Waals surface area contributed by atoms with Crippen LogP contribution < -0.4 is 0 Å². The number of carboxylic acid groups (broad SMARTS) is 1. The number of hydrogen-bond acceptors (Lipinski definition) is 2. The van der Waals surface area contributed by atoms with Crippen molar-refractivity contribution < 1.29 is 37.4 Å². The van der Waals surface area contributed by atoms with Crippen molar-refractivity contribution in [2.75, 3.05) is 0 Å². The molecule has 0 aliphatic carbocycles. The summed E-state index contributed by atoms with van der Waals surface area (Å²) in [6.07, 6.45) is 0.833. The Labute approximate surface area is 56.3 Å². The summed E-state index contributed by atoms with van der Waals surface area (Å²) in [4.78, 5) is 9.25. The fourth-order valence-electron chi connectivity index (χ4n) is 0. The molecule has 0 unspecified atom stereocenters. The third-order valence-corrected chi connectivity index (χ3v) is 0.175. The SMILES string of the molecule is C=CC(=O)O.[O]=[Zr]. The van der Waals surface area contributed by atoms with Crippen LogP contribution in [0.1, 0.15) is 0 Å². The van der Waals surface area contributed by atoms with E-state index in [9.17, 15) is 4.79 Å². The van der Waals surface area contributed by atoms with Gasteiger partial charge in [0.1, 0.15) is 0 Å². The molecular weight excluding hydrogens is 175 g/mol. The predicted octanol–water partition coefficient (Wildman–Crippen LogP) is 0.136. The molecule has 0 atom stereocenters. The van der Waals surface area contributed by atoms with Crippen LogP contribution in [0.2, 0.25) is 0 Å². The Balaban J connectivity index is 0. The van der Waals surface area contributed by atoms with Crippen LogP contribution >= 0.6 is 0 Å². The molecule has 0 amide bonds. The van der Waals surface area contributed by atoms with Gasteiger partial charge in [0.15, 0.2) is 0 Å². The van der Waals surface area contributed by atoms with Gasteiger partial charge in [-0.05, 0) is 0 Å². The second-order valence-corrected chi connectivity index (χ2v) is 0.542. The second kappa shape index (κ2) is 9.31. The third-order valence-electron chi connectivity index (χ3n) is 0.175. The summed E-state index contributed by atoms with van der Waals surface area (Å²) >= 11 is 0.300. The van der Waals surface area contributed by atoms with Crippen LogP contribution in [0.5, 0.6) is 0 Å². The monoisotopic (exact) mass is 178 g/mol. The Morgan fingerprint density at radius 3 is 1.86 bits per heavy atom. The van der Waals surface area contributed by atoms with Crippen molar-refractivity contribution >= 4 is 5.97 Å². The van der Waals surface area contributed by atoms with Gasteiger partial charge in [-0.3, -0.25) is 0 Å². The van der Waals surface area contributed by atoms with E-state index in [4.69, 9.17) is 7.92 Å². The van der Waals surface area contributed by atoms with E-state index < -0.39 is 5.97 Å². The normalized spacial score (nSPS) is 5.00. The summed E-state index contributed by atoms with van der Waals surface area (Å²) in [6, 6.07) is 0. The first-order valence-electron chi connectivity index (χ1n) is 1.33. The topological polar surface area (TPSA) is 54.4 Å². The number of aliphatic carboxylic acids is 1. The number of carboxylic acids is 1. The molecule has 0 heterocycles. The van der Waals surface area contributed by atoms with Crippen molar-refractivity contribution in [3.63, 3.8) is 0 Å². The van der Waals surface area contributed by atoms with Crippen molar-refractivity contribution in [1.82, 2.24) is 0 Å². The summed E-state index contributed by atoms with van der Waals surface area (Å²) < 4.78 is 8.34. The molecule has 0 spiro atoms. The third kappa shape index (κ3) is 24.9. The zero-order chi connectivity index (χ0) is 6.28. The van der Waals surface area contributed by atoms with E-state index in [0.29, 0.717) is 24.7 Å². The van der Waals surface area contributed by atoms with E-state index in [-0.39, 0.29) is 0 Å². The molecule has 7 heavy (non-hydrogen) atoms. The Kier molecular flexibility index (Phi) is 13.3. The van der Waals surface area contributed by atoms with Gasteiger partial charge >= 0.3 is 33.5 Å². The van der Waals surface area contributed by atoms with Crippen molar-refractivity contribution in [2.24, 2.45) is 0 Å². The summed E-state index contributed by atoms with van der Waals surface area (Å²) in [5.74, 6) is -0.981. The molecule has 4 heteroatoms. The van der Waals surface area contributed by atoms with Crippen molar-refractivity contribution in [3.8, 4) is 0 Å². The first-order chi connectivity index (χ1) is 3.27. The Morgan fingerprint density at radius 1 is 1.71 bits per heavy atom. The number of carbonyl (C=O) groups is 1. The number of rotatable bonds is 1. The molecule has 0 fully saturated rings. The predicted molar refractivity (Wildman–Crippen MR) is 18.5 cm³/mol. The molecule has 0 bridgehead atoms. The van der Waals surface area contributed by atoms with Crippen molar-refractivity contribution in [3.05, 3.63) is 12.7 Å². The van der Waals surface area contributed by atoms with Gasteiger partial charge in [0, 0.05) is 6.08 Å². The fourth-order valence-corrected chi connectivity index (χ4v) is 0. The Bertz CT molecular complexity index is 70.6. The first kappa shape index (κ1) is 10.00. The van der Waals surface area contributed by atoms with Crippen LogP contribution in [-0.2, 0) is 32.3 Å². The molecular formula is C3H4O3Zr. The van der Waals surface area contributed by atoms with Crippen LogP contribution in [0.15, 0.2) is 12.7 Å². The van der Waals surface area contributed by atoms with Gasteiger partial charge in [0.25, 0.3) is 0 Å². The molecule has 0 aromatic heterocycles. The van der Waals surface area contributed by atoms with E-state index in [1.807, 2.05) is 0 Å². The molecule has 0 saturated carbocycles. The van der Waals surface area contributed by atoms with Crippen LogP contribution in [-0.4, -0.2) is 11.1 Å². The maximum absolute atomic E-state index is 9.25.